The quantitative estimate of drug-likeness (QED) is 0.497. The zero-order valence-corrected chi connectivity index (χ0v) is 16.6. The molecule has 0 saturated heterocycles. The van der Waals surface area contributed by atoms with E-state index in [0.29, 0.717) is 13.2 Å². The van der Waals surface area contributed by atoms with Gasteiger partial charge in [0.15, 0.2) is 5.75 Å². The van der Waals surface area contributed by atoms with Gasteiger partial charge in [0, 0.05) is 18.2 Å². The first-order chi connectivity index (χ1) is 13.5. The van der Waals surface area contributed by atoms with E-state index < -0.39 is 4.92 Å². The summed E-state index contributed by atoms with van der Waals surface area (Å²) in [6.45, 7) is 8.33. The summed E-state index contributed by atoms with van der Waals surface area (Å²) in [4.78, 5) is 25.6. The second-order valence-corrected chi connectivity index (χ2v) is 6.23. The molecule has 28 heavy (non-hydrogen) atoms. The number of nitrogens with zero attached hydrogens (tertiary/aromatic N) is 2. The number of ether oxygens (including phenoxy) is 1. The highest BCUT2D eigenvalue weighted by molar-refractivity contribution is 5.95. The lowest BCUT2D eigenvalue weighted by Gasteiger charge is -2.30. The molecule has 1 unspecified atom stereocenters. The number of nitro benzene ring substituents is 1. The molecule has 7 nitrogen and oxygen atoms in total. The number of benzene rings is 2. The standard InChI is InChI=1S/C21H27N3O4/c1-4-23(5-2)19(16-10-8-7-9-11-16)15-22-21(25)17-12-13-20(28-6-3)18(14-17)24(26)27/h7-14,19H,4-6,15H2,1-3H3,(H,22,25). The third kappa shape index (κ3) is 5.29. The smallest absolute Gasteiger partial charge is 0.311 e. The van der Waals surface area contributed by atoms with Crippen LogP contribution in [-0.4, -0.2) is 42.0 Å². The van der Waals surface area contributed by atoms with Gasteiger partial charge in [-0.05, 0) is 37.7 Å². The maximum atomic E-state index is 12.6. The fourth-order valence-corrected chi connectivity index (χ4v) is 3.17. The van der Waals surface area contributed by atoms with Crippen molar-refractivity contribution in [1.82, 2.24) is 10.2 Å². The maximum absolute atomic E-state index is 12.6. The molecule has 0 bridgehead atoms. The summed E-state index contributed by atoms with van der Waals surface area (Å²) in [6, 6.07) is 14.3. The summed E-state index contributed by atoms with van der Waals surface area (Å²) in [7, 11) is 0. The van der Waals surface area contributed by atoms with Crippen molar-refractivity contribution >= 4 is 11.6 Å². The fraction of sp³-hybridized carbons (Fsp3) is 0.381. The van der Waals surface area contributed by atoms with Gasteiger partial charge in [-0.3, -0.25) is 19.8 Å². The summed E-state index contributed by atoms with van der Waals surface area (Å²) in [5, 5.41) is 14.2. The molecule has 0 heterocycles. The Kier molecular flexibility index (Phi) is 7.95. The Bertz CT molecular complexity index is 791. The van der Waals surface area contributed by atoms with Crippen molar-refractivity contribution in [2.45, 2.75) is 26.8 Å². The average Bonchev–Trinajstić information content (AvgIpc) is 2.71. The van der Waals surface area contributed by atoms with E-state index in [4.69, 9.17) is 4.74 Å². The van der Waals surface area contributed by atoms with E-state index in [1.165, 1.54) is 12.1 Å². The van der Waals surface area contributed by atoms with Crippen LogP contribution in [0.5, 0.6) is 5.75 Å². The molecule has 1 amide bonds. The third-order valence-electron chi connectivity index (χ3n) is 4.61. The van der Waals surface area contributed by atoms with Crippen LogP contribution in [0.15, 0.2) is 48.5 Å². The third-order valence-corrected chi connectivity index (χ3v) is 4.61. The number of likely N-dealkylation sites (N-methyl/N-ethyl adjacent to an activating group) is 1. The van der Waals surface area contributed by atoms with E-state index in [1.54, 1.807) is 13.0 Å². The van der Waals surface area contributed by atoms with Crippen molar-refractivity contribution in [2.24, 2.45) is 0 Å². The molecule has 0 radical (unpaired) electrons. The van der Waals surface area contributed by atoms with E-state index >= 15 is 0 Å². The monoisotopic (exact) mass is 385 g/mol. The largest absolute Gasteiger partial charge is 0.487 e. The minimum atomic E-state index is -0.537. The van der Waals surface area contributed by atoms with Crippen LogP contribution in [0.2, 0.25) is 0 Å². The van der Waals surface area contributed by atoms with E-state index in [2.05, 4.69) is 24.1 Å². The number of hydrogen-bond donors (Lipinski definition) is 1. The first-order valence-electron chi connectivity index (χ1n) is 9.50. The molecular formula is C21H27N3O4. The Morgan fingerprint density at radius 1 is 1.14 bits per heavy atom. The zero-order chi connectivity index (χ0) is 20.5. The minimum absolute atomic E-state index is 0.0258. The average molecular weight is 385 g/mol. The summed E-state index contributed by atoms with van der Waals surface area (Å²) >= 11 is 0. The van der Waals surface area contributed by atoms with Gasteiger partial charge >= 0.3 is 5.69 Å². The molecule has 0 fully saturated rings. The van der Waals surface area contributed by atoms with Gasteiger partial charge in [-0.1, -0.05) is 44.2 Å². The number of hydrogen-bond acceptors (Lipinski definition) is 5. The first-order valence-corrected chi connectivity index (χ1v) is 9.50. The SMILES string of the molecule is CCOc1ccc(C(=O)NCC(c2ccccc2)N(CC)CC)cc1[N+](=O)[O-]. The Morgan fingerprint density at radius 2 is 1.82 bits per heavy atom. The molecular weight excluding hydrogens is 358 g/mol. The predicted molar refractivity (Wildman–Crippen MR) is 109 cm³/mol. The van der Waals surface area contributed by atoms with E-state index in [1.807, 2.05) is 30.3 Å². The Morgan fingerprint density at radius 3 is 2.39 bits per heavy atom. The molecule has 0 aliphatic rings. The van der Waals surface area contributed by atoms with Gasteiger partial charge in [-0.2, -0.15) is 0 Å². The van der Waals surface area contributed by atoms with Gasteiger partial charge in [0.1, 0.15) is 0 Å². The van der Waals surface area contributed by atoms with Gasteiger partial charge in [0.05, 0.1) is 17.6 Å². The van der Waals surface area contributed by atoms with Crippen LogP contribution in [0.4, 0.5) is 5.69 Å². The van der Waals surface area contributed by atoms with Gasteiger partial charge in [-0.25, -0.2) is 0 Å². The van der Waals surface area contributed by atoms with E-state index in [9.17, 15) is 14.9 Å². The molecule has 1 N–H and O–H groups in total. The van der Waals surface area contributed by atoms with Crippen LogP contribution in [0.25, 0.3) is 0 Å². The van der Waals surface area contributed by atoms with Gasteiger partial charge in [0.25, 0.3) is 5.91 Å². The molecule has 1 atom stereocenters. The summed E-state index contributed by atoms with van der Waals surface area (Å²) in [5.41, 5.74) is 1.14. The fourth-order valence-electron chi connectivity index (χ4n) is 3.17. The van der Waals surface area contributed by atoms with E-state index in [-0.39, 0.29) is 28.9 Å². The van der Waals surface area contributed by atoms with Crippen molar-refractivity contribution < 1.29 is 14.5 Å². The second-order valence-electron chi connectivity index (χ2n) is 6.23. The van der Waals surface area contributed by atoms with Crippen LogP contribution < -0.4 is 10.1 Å². The molecule has 0 saturated carbocycles. The highest BCUT2D eigenvalue weighted by atomic mass is 16.6. The first kappa shape index (κ1) is 21.4. The van der Waals surface area contributed by atoms with Crippen LogP contribution in [-0.2, 0) is 0 Å². The molecule has 0 aliphatic carbocycles. The molecule has 150 valence electrons. The number of nitro groups is 1. The Labute approximate surface area is 165 Å². The summed E-state index contributed by atoms with van der Waals surface area (Å²) < 4.78 is 5.27. The van der Waals surface area contributed by atoms with Crippen LogP contribution >= 0.6 is 0 Å². The van der Waals surface area contributed by atoms with Crippen molar-refractivity contribution in [3.8, 4) is 5.75 Å². The van der Waals surface area contributed by atoms with Gasteiger partial charge in [-0.15, -0.1) is 0 Å². The predicted octanol–water partition coefficient (Wildman–Crippen LogP) is 3.81. The lowest BCUT2D eigenvalue weighted by molar-refractivity contribution is -0.385. The molecule has 0 aliphatic heterocycles. The van der Waals surface area contributed by atoms with Crippen molar-refractivity contribution in [2.75, 3.05) is 26.2 Å². The normalized spacial score (nSPS) is 11.9. The summed E-state index contributed by atoms with van der Waals surface area (Å²) in [6.07, 6.45) is 0. The Hall–Kier alpha value is -2.93. The number of carbonyl (C=O) groups is 1. The molecule has 2 rings (SSSR count). The van der Waals surface area contributed by atoms with E-state index in [0.717, 1.165) is 18.7 Å². The molecule has 2 aromatic rings. The highest BCUT2D eigenvalue weighted by Crippen LogP contribution is 2.28. The number of nitrogens with one attached hydrogen (secondary N) is 1. The maximum Gasteiger partial charge on any atom is 0.311 e. The van der Waals surface area contributed by atoms with Crippen LogP contribution in [0.3, 0.4) is 0 Å². The minimum Gasteiger partial charge on any atom is -0.487 e. The summed E-state index contributed by atoms with van der Waals surface area (Å²) in [5.74, 6) is -0.186. The molecule has 0 aromatic heterocycles. The van der Waals surface area contributed by atoms with Crippen LogP contribution in [0.1, 0.15) is 42.7 Å². The molecule has 7 heteroatoms. The number of carbonyl (C=O) groups excluding carboxylic acids is 1. The highest BCUT2D eigenvalue weighted by Gasteiger charge is 2.21. The van der Waals surface area contributed by atoms with Crippen LogP contribution in [0, 0.1) is 10.1 Å². The van der Waals surface area contributed by atoms with Gasteiger partial charge < -0.3 is 10.1 Å². The molecule has 0 spiro atoms. The van der Waals surface area contributed by atoms with Gasteiger partial charge in [0.2, 0.25) is 0 Å². The lowest BCUT2D eigenvalue weighted by atomic mass is 10.0. The number of rotatable bonds is 10. The molecule has 2 aromatic carbocycles. The second kappa shape index (κ2) is 10.4. The topological polar surface area (TPSA) is 84.7 Å². The number of amides is 1. The lowest BCUT2D eigenvalue weighted by Crippen LogP contribution is -2.38. The van der Waals surface area contributed by atoms with Crippen molar-refractivity contribution in [3.63, 3.8) is 0 Å². The van der Waals surface area contributed by atoms with Crippen molar-refractivity contribution in [1.29, 1.82) is 0 Å². The zero-order valence-electron chi connectivity index (χ0n) is 16.6. The van der Waals surface area contributed by atoms with Crippen molar-refractivity contribution in [3.05, 3.63) is 69.8 Å². The Balaban J connectivity index is 2.18.